The van der Waals surface area contributed by atoms with Gasteiger partial charge in [-0.2, -0.15) is 0 Å². The van der Waals surface area contributed by atoms with Crippen LogP contribution in [0.3, 0.4) is 0 Å². The monoisotopic (exact) mass is 265 g/mol. The van der Waals surface area contributed by atoms with Gasteiger partial charge in [0.15, 0.2) is 0 Å². The molecular formula is C11H8BrNO2. The van der Waals surface area contributed by atoms with E-state index in [1.165, 1.54) is 6.26 Å². The molecule has 0 saturated heterocycles. The van der Waals surface area contributed by atoms with Crippen molar-refractivity contribution in [2.75, 3.05) is 0 Å². The molecule has 0 atom stereocenters. The molecule has 2 aromatic rings. The molecule has 3 nitrogen and oxygen atoms in total. The first kappa shape index (κ1) is 10.1. The zero-order chi connectivity index (χ0) is 10.7. The quantitative estimate of drug-likeness (QED) is 0.802. The second-order valence-electron chi connectivity index (χ2n) is 3.03. The van der Waals surface area contributed by atoms with E-state index in [0.29, 0.717) is 11.6 Å². The van der Waals surface area contributed by atoms with Crippen LogP contribution in [0.2, 0.25) is 0 Å². The molecule has 1 aromatic heterocycles. The molecule has 76 valence electrons. The van der Waals surface area contributed by atoms with Gasteiger partial charge in [0.2, 0.25) is 5.89 Å². The number of aromatic nitrogens is 1. The maximum absolute atomic E-state index is 10.3. The van der Waals surface area contributed by atoms with E-state index in [0.717, 1.165) is 16.3 Å². The molecule has 0 N–H and O–H groups in total. The number of benzene rings is 1. The summed E-state index contributed by atoms with van der Waals surface area (Å²) in [5.41, 5.74) is 1.54. The topological polar surface area (TPSA) is 43.1 Å². The van der Waals surface area contributed by atoms with Crippen molar-refractivity contribution in [2.45, 2.75) is 6.42 Å². The minimum Gasteiger partial charge on any atom is -0.444 e. The van der Waals surface area contributed by atoms with E-state index in [1.807, 2.05) is 24.3 Å². The Morgan fingerprint density at radius 1 is 1.47 bits per heavy atom. The van der Waals surface area contributed by atoms with Crippen LogP contribution in [0.15, 0.2) is 39.4 Å². The molecule has 2 rings (SSSR count). The molecule has 4 heteroatoms. The molecule has 1 heterocycles. The van der Waals surface area contributed by atoms with Crippen molar-refractivity contribution >= 4 is 22.2 Å². The maximum atomic E-state index is 10.3. The Labute approximate surface area is 95.3 Å². The molecule has 0 radical (unpaired) electrons. The van der Waals surface area contributed by atoms with E-state index >= 15 is 0 Å². The summed E-state index contributed by atoms with van der Waals surface area (Å²) >= 11 is 3.37. The lowest BCUT2D eigenvalue weighted by atomic mass is 10.2. The van der Waals surface area contributed by atoms with Crippen LogP contribution in [0.4, 0.5) is 0 Å². The number of nitrogens with zero attached hydrogens (tertiary/aromatic N) is 1. The highest BCUT2D eigenvalue weighted by atomic mass is 79.9. The number of oxazole rings is 1. The predicted octanol–water partition coefficient (Wildman–Crippen LogP) is 2.85. The predicted molar refractivity (Wildman–Crippen MR) is 59.4 cm³/mol. The van der Waals surface area contributed by atoms with Crippen molar-refractivity contribution < 1.29 is 9.21 Å². The highest BCUT2D eigenvalue weighted by Gasteiger charge is 2.06. The molecular weight excluding hydrogens is 258 g/mol. The number of carbonyl (C=O) groups excluding carboxylic acids is 1. The molecule has 0 aliphatic carbocycles. The van der Waals surface area contributed by atoms with Crippen LogP contribution in [-0.4, -0.2) is 11.3 Å². The van der Waals surface area contributed by atoms with Crippen LogP contribution in [0.25, 0.3) is 11.5 Å². The van der Waals surface area contributed by atoms with E-state index in [4.69, 9.17) is 4.42 Å². The fourth-order valence-electron chi connectivity index (χ4n) is 1.24. The zero-order valence-corrected chi connectivity index (χ0v) is 9.40. The smallest absolute Gasteiger partial charge is 0.226 e. The van der Waals surface area contributed by atoms with Gasteiger partial charge in [0.05, 0.1) is 5.69 Å². The van der Waals surface area contributed by atoms with Gasteiger partial charge < -0.3 is 9.21 Å². The second kappa shape index (κ2) is 4.40. The third-order valence-corrected chi connectivity index (χ3v) is 2.41. The largest absolute Gasteiger partial charge is 0.444 e. The van der Waals surface area contributed by atoms with Crippen molar-refractivity contribution in [3.8, 4) is 11.5 Å². The second-order valence-corrected chi connectivity index (χ2v) is 3.94. The molecule has 0 unspecified atom stereocenters. The van der Waals surface area contributed by atoms with E-state index in [1.54, 1.807) is 0 Å². The Balaban J connectivity index is 2.32. The van der Waals surface area contributed by atoms with E-state index in [9.17, 15) is 4.79 Å². The SMILES string of the molecule is O=CCc1coc(-c2cccc(Br)c2)n1. The van der Waals surface area contributed by atoms with Gasteiger partial charge in [0.25, 0.3) is 0 Å². The highest BCUT2D eigenvalue weighted by molar-refractivity contribution is 9.10. The Kier molecular flexibility index (Phi) is 2.97. The summed E-state index contributed by atoms with van der Waals surface area (Å²) in [5.74, 6) is 0.535. The molecule has 0 amide bonds. The highest BCUT2D eigenvalue weighted by Crippen LogP contribution is 2.22. The number of carbonyl (C=O) groups is 1. The average molecular weight is 266 g/mol. The van der Waals surface area contributed by atoms with Gasteiger partial charge in [-0.3, -0.25) is 0 Å². The van der Waals surface area contributed by atoms with Crippen molar-refractivity contribution in [2.24, 2.45) is 0 Å². The Morgan fingerprint density at radius 2 is 2.33 bits per heavy atom. The number of halogens is 1. The number of hydrogen-bond donors (Lipinski definition) is 0. The Morgan fingerprint density at radius 3 is 3.07 bits per heavy atom. The van der Waals surface area contributed by atoms with Gasteiger partial charge in [-0.05, 0) is 18.2 Å². The summed E-state index contributed by atoms with van der Waals surface area (Å²) in [6.07, 6.45) is 2.60. The zero-order valence-electron chi connectivity index (χ0n) is 7.81. The molecule has 0 saturated carbocycles. The molecule has 0 fully saturated rings. The van der Waals surface area contributed by atoms with Gasteiger partial charge in [0, 0.05) is 16.5 Å². The minimum absolute atomic E-state index is 0.289. The normalized spacial score (nSPS) is 10.2. The molecule has 0 aliphatic rings. The first-order valence-corrected chi connectivity index (χ1v) is 5.23. The van der Waals surface area contributed by atoms with Crippen LogP contribution in [0, 0.1) is 0 Å². The molecule has 0 bridgehead atoms. The van der Waals surface area contributed by atoms with Crippen LogP contribution in [0.1, 0.15) is 5.69 Å². The standard InChI is InChI=1S/C11H8BrNO2/c12-9-3-1-2-8(6-9)11-13-10(4-5-14)7-15-11/h1-3,5-7H,4H2. The van der Waals surface area contributed by atoms with E-state index in [-0.39, 0.29) is 6.42 Å². The Hall–Kier alpha value is -1.42. The average Bonchev–Trinajstić information content (AvgIpc) is 2.67. The lowest BCUT2D eigenvalue weighted by molar-refractivity contribution is -0.107. The van der Waals surface area contributed by atoms with E-state index in [2.05, 4.69) is 20.9 Å². The van der Waals surface area contributed by atoms with Gasteiger partial charge in [-0.25, -0.2) is 4.98 Å². The fraction of sp³-hybridized carbons (Fsp3) is 0.0909. The molecule has 15 heavy (non-hydrogen) atoms. The van der Waals surface area contributed by atoms with Gasteiger partial charge in [-0.15, -0.1) is 0 Å². The van der Waals surface area contributed by atoms with Crippen LogP contribution in [0.5, 0.6) is 0 Å². The first-order chi connectivity index (χ1) is 7.29. The summed E-state index contributed by atoms with van der Waals surface area (Å²) in [7, 11) is 0. The minimum atomic E-state index is 0.289. The third kappa shape index (κ3) is 2.33. The first-order valence-electron chi connectivity index (χ1n) is 4.43. The van der Waals surface area contributed by atoms with Crippen LogP contribution >= 0.6 is 15.9 Å². The lowest BCUT2D eigenvalue weighted by Gasteiger charge is -1.94. The van der Waals surface area contributed by atoms with Crippen molar-refractivity contribution in [3.63, 3.8) is 0 Å². The number of hydrogen-bond acceptors (Lipinski definition) is 3. The molecule has 1 aromatic carbocycles. The van der Waals surface area contributed by atoms with Crippen LogP contribution in [-0.2, 0) is 11.2 Å². The third-order valence-electron chi connectivity index (χ3n) is 1.92. The fourth-order valence-corrected chi connectivity index (χ4v) is 1.64. The molecule has 0 aliphatic heterocycles. The van der Waals surface area contributed by atoms with Crippen molar-refractivity contribution in [3.05, 3.63) is 40.7 Å². The summed E-state index contributed by atoms with van der Waals surface area (Å²) in [4.78, 5) is 14.5. The van der Waals surface area contributed by atoms with E-state index < -0.39 is 0 Å². The van der Waals surface area contributed by atoms with Gasteiger partial charge >= 0.3 is 0 Å². The maximum Gasteiger partial charge on any atom is 0.226 e. The summed E-state index contributed by atoms with van der Waals surface area (Å²) in [6.45, 7) is 0. The van der Waals surface area contributed by atoms with Gasteiger partial charge in [0.1, 0.15) is 12.5 Å². The number of aldehydes is 1. The lowest BCUT2D eigenvalue weighted by Crippen LogP contribution is -1.85. The van der Waals surface area contributed by atoms with Gasteiger partial charge in [-0.1, -0.05) is 22.0 Å². The van der Waals surface area contributed by atoms with Crippen molar-refractivity contribution in [1.29, 1.82) is 0 Å². The van der Waals surface area contributed by atoms with Crippen LogP contribution < -0.4 is 0 Å². The summed E-state index contributed by atoms with van der Waals surface area (Å²) < 4.78 is 6.24. The molecule has 0 spiro atoms. The Bertz CT molecular complexity index is 479. The number of rotatable bonds is 3. The summed E-state index contributed by atoms with van der Waals surface area (Å²) in [5, 5.41) is 0. The van der Waals surface area contributed by atoms with Crippen molar-refractivity contribution in [1.82, 2.24) is 4.98 Å². The summed E-state index contributed by atoms with van der Waals surface area (Å²) in [6, 6.07) is 7.65.